The molecule has 18 heavy (non-hydrogen) atoms. The van der Waals surface area contributed by atoms with E-state index in [2.05, 4.69) is 50.4 Å². The fraction of sp³-hybridized carbons (Fsp3) is 0.571. The van der Waals surface area contributed by atoms with Crippen LogP contribution in [-0.2, 0) is 21.8 Å². The second-order valence-electron chi connectivity index (χ2n) is 5.75. The highest BCUT2D eigenvalue weighted by Gasteiger charge is 2.12. The Labute approximate surface area is 111 Å². The first-order chi connectivity index (χ1) is 8.18. The molecule has 1 aromatic rings. The lowest BCUT2D eigenvalue weighted by molar-refractivity contribution is 0.588. The van der Waals surface area contributed by atoms with E-state index in [0.717, 1.165) is 0 Å². The molecule has 0 saturated carbocycles. The van der Waals surface area contributed by atoms with Crippen LogP contribution in [0, 0.1) is 0 Å². The predicted molar refractivity (Wildman–Crippen MR) is 76.6 cm³/mol. The van der Waals surface area contributed by atoms with Crippen molar-refractivity contribution < 1.29 is 8.42 Å². The Morgan fingerprint density at radius 2 is 1.67 bits per heavy atom. The molecule has 0 atom stereocenters. The van der Waals surface area contributed by atoms with Crippen molar-refractivity contribution in [2.24, 2.45) is 0 Å². The van der Waals surface area contributed by atoms with Gasteiger partial charge in [-0.15, -0.1) is 0 Å². The van der Waals surface area contributed by atoms with Crippen LogP contribution in [0.3, 0.4) is 0 Å². The second kappa shape index (κ2) is 5.85. The van der Waals surface area contributed by atoms with Gasteiger partial charge >= 0.3 is 0 Å². The molecule has 0 aromatic heterocycles. The fourth-order valence-electron chi connectivity index (χ4n) is 1.61. The van der Waals surface area contributed by atoms with Crippen molar-refractivity contribution in [1.82, 2.24) is 5.32 Å². The number of hydrogen-bond donors (Lipinski definition) is 1. The predicted octanol–water partition coefficient (Wildman–Crippen LogP) is 2.12. The van der Waals surface area contributed by atoms with E-state index in [4.69, 9.17) is 0 Å². The van der Waals surface area contributed by atoms with E-state index >= 15 is 0 Å². The standard InChI is InChI=1S/C14H23NO2S/c1-14(2,3)13-7-5-12(6-8-13)11-15-9-10-18(4,16)17/h5-8,15H,9-11H2,1-4H3. The Bertz CT molecular complexity index is 470. The van der Waals surface area contributed by atoms with Crippen molar-refractivity contribution in [3.63, 3.8) is 0 Å². The molecule has 3 nitrogen and oxygen atoms in total. The van der Waals surface area contributed by atoms with Gasteiger partial charge in [-0.1, -0.05) is 45.0 Å². The minimum absolute atomic E-state index is 0.169. The van der Waals surface area contributed by atoms with Crippen LogP contribution in [0.1, 0.15) is 31.9 Å². The molecule has 0 spiro atoms. The summed E-state index contributed by atoms with van der Waals surface area (Å²) in [5, 5.41) is 3.14. The van der Waals surface area contributed by atoms with E-state index in [0.29, 0.717) is 13.1 Å². The molecule has 1 aromatic carbocycles. The van der Waals surface area contributed by atoms with Crippen LogP contribution in [-0.4, -0.2) is 27.0 Å². The first-order valence-electron chi connectivity index (χ1n) is 6.16. The van der Waals surface area contributed by atoms with Crippen LogP contribution in [0.4, 0.5) is 0 Å². The van der Waals surface area contributed by atoms with Crippen molar-refractivity contribution in [2.75, 3.05) is 18.6 Å². The lowest BCUT2D eigenvalue weighted by atomic mass is 9.87. The van der Waals surface area contributed by atoms with Gasteiger partial charge in [-0.05, 0) is 16.5 Å². The first kappa shape index (κ1) is 15.2. The molecule has 0 fully saturated rings. The van der Waals surface area contributed by atoms with Crippen LogP contribution < -0.4 is 5.32 Å². The quantitative estimate of drug-likeness (QED) is 0.833. The molecule has 0 aliphatic rings. The third-order valence-corrected chi connectivity index (χ3v) is 3.74. The molecule has 1 rings (SSSR count). The zero-order chi connectivity index (χ0) is 13.8. The lowest BCUT2D eigenvalue weighted by Crippen LogP contribution is -2.22. The molecule has 1 N–H and O–H groups in total. The molecule has 0 aliphatic heterocycles. The Kier molecular flexibility index (Phi) is 4.93. The van der Waals surface area contributed by atoms with Crippen LogP contribution in [0.15, 0.2) is 24.3 Å². The Balaban J connectivity index is 2.45. The van der Waals surface area contributed by atoms with Gasteiger partial charge in [-0.25, -0.2) is 8.42 Å². The summed E-state index contributed by atoms with van der Waals surface area (Å²) < 4.78 is 21.9. The summed E-state index contributed by atoms with van der Waals surface area (Å²) in [7, 11) is -2.87. The van der Waals surface area contributed by atoms with E-state index in [1.165, 1.54) is 17.4 Å². The maximum Gasteiger partial charge on any atom is 0.148 e. The molecule has 102 valence electrons. The average molecular weight is 269 g/mol. The van der Waals surface area contributed by atoms with Crippen LogP contribution in [0.25, 0.3) is 0 Å². The number of hydrogen-bond acceptors (Lipinski definition) is 3. The molecule has 4 heteroatoms. The fourth-order valence-corrected chi connectivity index (χ4v) is 2.13. The van der Waals surface area contributed by atoms with Gasteiger partial charge in [0, 0.05) is 19.3 Å². The summed E-state index contributed by atoms with van der Waals surface area (Å²) in [6, 6.07) is 8.45. The largest absolute Gasteiger partial charge is 0.312 e. The SMILES string of the molecule is CC(C)(C)c1ccc(CNCCS(C)(=O)=O)cc1. The monoisotopic (exact) mass is 269 g/mol. The summed E-state index contributed by atoms with van der Waals surface area (Å²) in [5.74, 6) is 0.188. The normalized spacial score (nSPS) is 12.7. The van der Waals surface area contributed by atoms with E-state index < -0.39 is 9.84 Å². The summed E-state index contributed by atoms with van der Waals surface area (Å²) in [5.41, 5.74) is 2.65. The summed E-state index contributed by atoms with van der Waals surface area (Å²) in [4.78, 5) is 0. The van der Waals surface area contributed by atoms with Crippen molar-refractivity contribution in [3.8, 4) is 0 Å². The number of rotatable bonds is 5. The zero-order valence-electron chi connectivity index (χ0n) is 11.7. The third-order valence-electron chi connectivity index (χ3n) is 2.80. The van der Waals surface area contributed by atoms with Crippen molar-refractivity contribution >= 4 is 9.84 Å². The Morgan fingerprint density at radius 3 is 2.11 bits per heavy atom. The van der Waals surface area contributed by atoms with Crippen molar-refractivity contribution in [2.45, 2.75) is 32.7 Å². The van der Waals surface area contributed by atoms with Gasteiger partial charge in [0.15, 0.2) is 0 Å². The molecule has 0 heterocycles. The van der Waals surface area contributed by atoms with Gasteiger partial charge in [-0.3, -0.25) is 0 Å². The molecule has 0 radical (unpaired) electrons. The number of benzene rings is 1. The molecule has 0 bridgehead atoms. The molecule has 0 aliphatic carbocycles. The third kappa shape index (κ3) is 5.65. The Morgan fingerprint density at radius 1 is 1.11 bits per heavy atom. The van der Waals surface area contributed by atoms with Crippen molar-refractivity contribution in [1.29, 1.82) is 0 Å². The van der Waals surface area contributed by atoms with Gasteiger partial charge in [0.2, 0.25) is 0 Å². The van der Waals surface area contributed by atoms with Gasteiger partial charge < -0.3 is 5.32 Å². The van der Waals surface area contributed by atoms with E-state index in [1.807, 2.05) is 0 Å². The van der Waals surface area contributed by atoms with Crippen LogP contribution in [0.2, 0.25) is 0 Å². The highest BCUT2D eigenvalue weighted by molar-refractivity contribution is 7.90. The smallest absolute Gasteiger partial charge is 0.148 e. The first-order valence-corrected chi connectivity index (χ1v) is 8.22. The maximum absolute atomic E-state index is 11.0. The van der Waals surface area contributed by atoms with Gasteiger partial charge in [0.25, 0.3) is 0 Å². The molecule has 0 amide bonds. The van der Waals surface area contributed by atoms with Crippen LogP contribution >= 0.6 is 0 Å². The maximum atomic E-state index is 11.0. The molecule has 0 saturated heterocycles. The second-order valence-corrected chi connectivity index (χ2v) is 8.01. The molecular weight excluding hydrogens is 246 g/mol. The van der Waals surface area contributed by atoms with Gasteiger partial charge in [0.1, 0.15) is 9.84 Å². The highest BCUT2D eigenvalue weighted by Crippen LogP contribution is 2.21. The molecule has 0 unspecified atom stereocenters. The van der Waals surface area contributed by atoms with E-state index in [1.54, 1.807) is 0 Å². The van der Waals surface area contributed by atoms with Gasteiger partial charge in [-0.2, -0.15) is 0 Å². The minimum Gasteiger partial charge on any atom is -0.312 e. The topological polar surface area (TPSA) is 46.2 Å². The van der Waals surface area contributed by atoms with Crippen molar-refractivity contribution in [3.05, 3.63) is 35.4 Å². The summed E-state index contributed by atoms with van der Waals surface area (Å²) in [6.45, 7) is 7.77. The van der Waals surface area contributed by atoms with E-state index in [-0.39, 0.29) is 11.2 Å². The van der Waals surface area contributed by atoms with E-state index in [9.17, 15) is 8.42 Å². The summed E-state index contributed by atoms with van der Waals surface area (Å²) in [6.07, 6.45) is 1.26. The zero-order valence-corrected chi connectivity index (χ0v) is 12.5. The summed E-state index contributed by atoms with van der Waals surface area (Å²) >= 11 is 0. The molecular formula is C14H23NO2S. The number of sulfone groups is 1. The highest BCUT2D eigenvalue weighted by atomic mass is 32.2. The average Bonchev–Trinajstić information content (AvgIpc) is 2.22. The van der Waals surface area contributed by atoms with Crippen LogP contribution in [0.5, 0.6) is 0 Å². The number of nitrogens with one attached hydrogen (secondary N) is 1. The Hall–Kier alpha value is -0.870. The van der Waals surface area contributed by atoms with Gasteiger partial charge in [0.05, 0.1) is 5.75 Å². The lowest BCUT2D eigenvalue weighted by Gasteiger charge is -2.19. The minimum atomic E-state index is -2.87.